The third-order valence-corrected chi connectivity index (χ3v) is 3.56. The fourth-order valence-corrected chi connectivity index (χ4v) is 2.16. The molecule has 0 aliphatic heterocycles. The Morgan fingerprint density at radius 1 is 1.13 bits per heavy atom. The summed E-state index contributed by atoms with van der Waals surface area (Å²) >= 11 is 0. The van der Waals surface area contributed by atoms with Gasteiger partial charge in [-0.05, 0) is 24.6 Å². The predicted octanol–water partition coefficient (Wildman–Crippen LogP) is 0.800. The lowest BCUT2D eigenvalue weighted by Crippen LogP contribution is -2.41. The molecule has 0 fully saturated rings. The minimum absolute atomic E-state index is 0.0192. The van der Waals surface area contributed by atoms with Gasteiger partial charge in [0.15, 0.2) is 0 Å². The quantitative estimate of drug-likeness (QED) is 0.714. The predicted molar refractivity (Wildman–Crippen MR) is 86.4 cm³/mol. The van der Waals surface area contributed by atoms with Crippen molar-refractivity contribution >= 4 is 11.8 Å². The number of benzene rings is 1. The van der Waals surface area contributed by atoms with Crippen molar-refractivity contribution in [3.63, 3.8) is 0 Å². The van der Waals surface area contributed by atoms with Crippen LogP contribution in [0.4, 0.5) is 0 Å². The minimum Gasteiger partial charge on any atom is -0.385 e. The topological polar surface area (TPSA) is 83.4 Å². The van der Waals surface area contributed by atoms with Crippen LogP contribution in [0.2, 0.25) is 0 Å². The average molecular weight is 315 g/mol. The van der Waals surface area contributed by atoms with Crippen LogP contribution >= 0.6 is 0 Å². The van der Waals surface area contributed by atoms with Gasteiger partial charge in [0.2, 0.25) is 0 Å². The van der Waals surface area contributed by atoms with Crippen molar-refractivity contribution in [2.75, 3.05) is 6.54 Å². The standard InChI is InChI=1S/C17H21N3O3/c1-12-5-7-13(8-6-12)10-18-16(22)17(23)19-11-15(21)14-4-3-9-20(14)2/h3-9,15,21H,10-11H2,1-2H3,(H,18,22)(H,19,23). The lowest BCUT2D eigenvalue weighted by atomic mass is 10.1. The Kier molecular flexibility index (Phi) is 5.54. The molecule has 2 aromatic rings. The lowest BCUT2D eigenvalue weighted by Gasteiger charge is -2.13. The Labute approximate surface area is 135 Å². The number of hydrogen-bond donors (Lipinski definition) is 3. The molecule has 0 saturated heterocycles. The Morgan fingerprint density at radius 2 is 1.78 bits per heavy atom. The lowest BCUT2D eigenvalue weighted by molar-refractivity contribution is -0.139. The van der Waals surface area contributed by atoms with E-state index >= 15 is 0 Å². The maximum Gasteiger partial charge on any atom is 0.309 e. The number of amides is 2. The van der Waals surface area contributed by atoms with Crippen molar-refractivity contribution < 1.29 is 14.7 Å². The smallest absolute Gasteiger partial charge is 0.309 e. The van der Waals surface area contributed by atoms with Gasteiger partial charge in [-0.15, -0.1) is 0 Å². The van der Waals surface area contributed by atoms with Gasteiger partial charge < -0.3 is 20.3 Å². The first kappa shape index (κ1) is 16.8. The number of rotatable bonds is 5. The van der Waals surface area contributed by atoms with Crippen LogP contribution in [-0.2, 0) is 23.2 Å². The molecule has 0 radical (unpaired) electrons. The second-order valence-electron chi connectivity index (χ2n) is 5.44. The van der Waals surface area contributed by atoms with Crippen molar-refractivity contribution in [2.24, 2.45) is 7.05 Å². The summed E-state index contributed by atoms with van der Waals surface area (Å²) in [5.41, 5.74) is 2.72. The van der Waals surface area contributed by atoms with E-state index in [1.54, 1.807) is 29.9 Å². The zero-order valence-electron chi connectivity index (χ0n) is 13.2. The summed E-state index contributed by atoms with van der Waals surface area (Å²) in [7, 11) is 1.80. The first-order valence-corrected chi connectivity index (χ1v) is 7.38. The largest absolute Gasteiger partial charge is 0.385 e. The van der Waals surface area contributed by atoms with Crippen molar-refractivity contribution in [2.45, 2.75) is 19.6 Å². The van der Waals surface area contributed by atoms with Gasteiger partial charge in [0.05, 0.1) is 0 Å². The molecule has 1 aromatic heterocycles. The molecule has 6 nitrogen and oxygen atoms in total. The third kappa shape index (κ3) is 4.69. The number of carbonyl (C=O) groups is 2. The van der Waals surface area contributed by atoms with E-state index in [1.807, 2.05) is 31.2 Å². The molecule has 2 rings (SSSR count). The van der Waals surface area contributed by atoms with E-state index in [9.17, 15) is 14.7 Å². The molecule has 3 N–H and O–H groups in total. The summed E-state index contributed by atoms with van der Waals surface area (Å²) in [5, 5.41) is 15.0. The summed E-state index contributed by atoms with van der Waals surface area (Å²) in [6.45, 7) is 2.25. The summed E-state index contributed by atoms with van der Waals surface area (Å²) in [6.07, 6.45) is 0.943. The average Bonchev–Trinajstić information content (AvgIpc) is 2.97. The molecule has 2 amide bonds. The fourth-order valence-electron chi connectivity index (χ4n) is 2.16. The highest BCUT2D eigenvalue weighted by Crippen LogP contribution is 2.11. The molecule has 1 unspecified atom stereocenters. The number of nitrogens with zero attached hydrogens (tertiary/aromatic N) is 1. The van der Waals surface area contributed by atoms with Gasteiger partial charge in [-0.1, -0.05) is 29.8 Å². The van der Waals surface area contributed by atoms with Crippen LogP contribution in [0, 0.1) is 6.92 Å². The first-order valence-electron chi connectivity index (χ1n) is 7.38. The molecule has 0 saturated carbocycles. The highest BCUT2D eigenvalue weighted by atomic mass is 16.3. The van der Waals surface area contributed by atoms with E-state index in [2.05, 4.69) is 10.6 Å². The number of carbonyl (C=O) groups excluding carboxylic acids is 2. The second kappa shape index (κ2) is 7.60. The maximum absolute atomic E-state index is 11.7. The zero-order chi connectivity index (χ0) is 16.8. The van der Waals surface area contributed by atoms with Gasteiger partial charge in [0, 0.05) is 32.0 Å². The van der Waals surface area contributed by atoms with Gasteiger partial charge in [-0.2, -0.15) is 0 Å². The van der Waals surface area contributed by atoms with Crippen molar-refractivity contribution in [1.29, 1.82) is 0 Å². The van der Waals surface area contributed by atoms with E-state index in [0.29, 0.717) is 5.69 Å². The SMILES string of the molecule is Cc1ccc(CNC(=O)C(=O)NCC(O)c2cccn2C)cc1. The first-order chi connectivity index (χ1) is 11.0. The summed E-state index contributed by atoms with van der Waals surface area (Å²) < 4.78 is 1.76. The summed E-state index contributed by atoms with van der Waals surface area (Å²) in [4.78, 5) is 23.5. The molecule has 0 aliphatic carbocycles. The molecule has 0 spiro atoms. The Morgan fingerprint density at radius 3 is 2.39 bits per heavy atom. The van der Waals surface area contributed by atoms with E-state index in [4.69, 9.17) is 0 Å². The molecule has 6 heteroatoms. The number of aliphatic hydroxyl groups excluding tert-OH is 1. The normalized spacial score (nSPS) is 11.8. The van der Waals surface area contributed by atoms with Crippen molar-refractivity contribution in [3.8, 4) is 0 Å². The van der Waals surface area contributed by atoms with Crippen LogP contribution in [0.3, 0.4) is 0 Å². The number of aromatic nitrogens is 1. The zero-order valence-corrected chi connectivity index (χ0v) is 13.2. The molecule has 0 aliphatic rings. The van der Waals surface area contributed by atoms with E-state index < -0.39 is 17.9 Å². The second-order valence-corrected chi connectivity index (χ2v) is 5.44. The minimum atomic E-state index is -0.858. The van der Waals surface area contributed by atoms with Crippen LogP contribution in [0.1, 0.15) is 22.9 Å². The van der Waals surface area contributed by atoms with Gasteiger partial charge in [-0.25, -0.2) is 0 Å². The van der Waals surface area contributed by atoms with Crippen LogP contribution in [0.15, 0.2) is 42.6 Å². The number of hydrogen-bond acceptors (Lipinski definition) is 3. The van der Waals surface area contributed by atoms with Crippen LogP contribution in [0.5, 0.6) is 0 Å². The number of aliphatic hydroxyl groups is 1. The van der Waals surface area contributed by atoms with Crippen molar-refractivity contribution in [1.82, 2.24) is 15.2 Å². The Bertz CT molecular complexity index is 677. The maximum atomic E-state index is 11.7. The highest BCUT2D eigenvalue weighted by Gasteiger charge is 2.16. The monoisotopic (exact) mass is 315 g/mol. The number of aryl methyl sites for hydroxylation is 2. The third-order valence-electron chi connectivity index (χ3n) is 3.56. The summed E-state index contributed by atoms with van der Waals surface area (Å²) in [5.74, 6) is -1.48. The van der Waals surface area contributed by atoms with E-state index in [1.165, 1.54) is 0 Å². The highest BCUT2D eigenvalue weighted by molar-refractivity contribution is 6.35. The molecule has 0 bridgehead atoms. The fraction of sp³-hybridized carbons (Fsp3) is 0.294. The van der Waals surface area contributed by atoms with Gasteiger partial charge >= 0.3 is 11.8 Å². The van der Waals surface area contributed by atoms with Crippen LogP contribution in [-0.4, -0.2) is 28.0 Å². The van der Waals surface area contributed by atoms with Gasteiger partial charge in [-0.3, -0.25) is 9.59 Å². The molecular formula is C17H21N3O3. The molecule has 1 heterocycles. The molecule has 1 aromatic carbocycles. The van der Waals surface area contributed by atoms with Crippen LogP contribution in [0.25, 0.3) is 0 Å². The van der Waals surface area contributed by atoms with Gasteiger partial charge in [0.1, 0.15) is 6.10 Å². The summed E-state index contributed by atoms with van der Waals surface area (Å²) in [6, 6.07) is 11.2. The Balaban J connectivity index is 1.77. The molecule has 23 heavy (non-hydrogen) atoms. The van der Waals surface area contributed by atoms with Gasteiger partial charge in [0.25, 0.3) is 0 Å². The molecule has 1 atom stereocenters. The number of nitrogens with one attached hydrogen (secondary N) is 2. The van der Waals surface area contributed by atoms with E-state index in [-0.39, 0.29) is 13.1 Å². The van der Waals surface area contributed by atoms with Crippen LogP contribution < -0.4 is 10.6 Å². The van der Waals surface area contributed by atoms with Crippen molar-refractivity contribution in [3.05, 3.63) is 59.4 Å². The van der Waals surface area contributed by atoms with E-state index in [0.717, 1.165) is 11.1 Å². The Hall–Kier alpha value is -2.60. The molecule has 122 valence electrons. The molecular weight excluding hydrogens is 294 g/mol.